The van der Waals surface area contributed by atoms with E-state index < -0.39 is 0 Å². The molecule has 0 bridgehead atoms. The van der Waals surface area contributed by atoms with Gasteiger partial charge in [-0.2, -0.15) is 0 Å². The second-order valence-corrected chi connectivity index (χ2v) is 3.59. The van der Waals surface area contributed by atoms with E-state index in [0.717, 1.165) is 0 Å². The smallest absolute Gasteiger partial charge is 0.0488 e. The first-order valence-corrected chi connectivity index (χ1v) is 5.30. The molecule has 80 valence electrons. The van der Waals surface area contributed by atoms with Crippen LogP contribution < -0.4 is 0 Å². The van der Waals surface area contributed by atoms with Gasteiger partial charge in [0.05, 0.1) is 0 Å². The quantitative estimate of drug-likeness (QED) is 0.490. The summed E-state index contributed by atoms with van der Waals surface area (Å²) in [6, 6.07) is 17.0. The Labute approximate surface area is 95.6 Å². The number of benzene rings is 2. The second-order valence-electron chi connectivity index (χ2n) is 3.59. The summed E-state index contributed by atoms with van der Waals surface area (Å²) < 4.78 is 2.24. The Kier molecular flexibility index (Phi) is 2.78. The van der Waals surface area contributed by atoms with Gasteiger partial charge in [0.2, 0.25) is 0 Å². The van der Waals surface area contributed by atoms with Crippen LogP contribution in [0.2, 0.25) is 0 Å². The zero-order valence-electron chi connectivity index (χ0n) is 9.48. The van der Waals surface area contributed by atoms with Gasteiger partial charge >= 0.3 is 0 Å². The standard InChI is InChI=1S/C13H11N.C2H4/c1-14-12-8-4-2-6-10(12)11-7-3-5-9-13(11)14;1-2/h2-9H,1H3;1-2H2. The highest BCUT2D eigenvalue weighted by Crippen LogP contribution is 2.26. The third kappa shape index (κ3) is 1.41. The predicted molar refractivity (Wildman–Crippen MR) is 71.7 cm³/mol. The Morgan fingerprint density at radius 2 is 1.12 bits per heavy atom. The Morgan fingerprint density at radius 3 is 1.56 bits per heavy atom. The number of aryl methyl sites for hydroxylation is 1. The van der Waals surface area contributed by atoms with Gasteiger partial charge in [-0.05, 0) is 12.1 Å². The summed E-state index contributed by atoms with van der Waals surface area (Å²) >= 11 is 0. The summed E-state index contributed by atoms with van der Waals surface area (Å²) in [7, 11) is 2.12. The van der Waals surface area contributed by atoms with E-state index in [9.17, 15) is 0 Å². The Morgan fingerprint density at radius 1 is 0.750 bits per heavy atom. The van der Waals surface area contributed by atoms with Crippen molar-refractivity contribution in [2.45, 2.75) is 0 Å². The average Bonchev–Trinajstić information content (AvgIpc) is 2.67. The van der Waals surface area contributed by atoms with Gasteiger partial charge in [0.25, 0.3) is 0 Å². The van der Waals surface area contributed by atoms with Gasteiger partial charge in [-0.1, -0.05) is 36.4 Å². The zero-order chi connectivity index (χ0) is 11.5. The van der Waals surface area contributed by atoms with E-state index in [1.165, 1.54) is 21.8 Å². The lowest BCUT2D eigenvalue weighted by Crippen LogP contribution is -1.84. The van der Waals surface area contributed by atoms with Gasteiger partial charge < -0.3 is 4.57 Å². The van der Waals surface area contributed by atoms with Crippen molar-refractivity contribution >= 4 is 21.8 Å². The number of rotatable bonds is 0. The minimum Gasteiger partial charge on any atom is -0.344 e. The molecular formula is C15H15N. The second kappa shape index (κ2) is 4.23. The minimum atomic E-state index is 1.30. The predicted octanol–water partition coefficient (Wildman–Crippen LogP) is 4.13. The summed E-state index contributed by atoms with van der Waals surface area (Å²) in [5.74, 6) is 0. The van der Waals surface area contributed by atoms with Crippen molar-refractivity contribution in [3.05, 3.63) is 61.7 Å². The third-order valence-electron chi connectivity index (χ3n) is 2.82. The highest BCUT2D eigenvalue weighted by molar-refractivity contribution is 6.07. The van der Waals surface area contributed by atoms with Crippen LogP contribution in [0.15, 0.2) is 61.7 Å². The third-order valence-corrected chi connectivity index (χ3v) is 2.82. The molecule has 2 aromatic carbocycles. The van der Waals surface area contributed by atoms with E-state index in [-0.39, 0.29) is 0 Å². The molecule has 0 N–H and O–H groups in total. The lowest BCUT2D eigenvalue weighted by Gasteiger charge is -1.95. The number of nitrogens with zero attached hydrogens (tertiary/aromatic N) is 1. The maximum atomic E-state index is 3.00. The van der Waals surface area contributed by atoms with E-state index in [4.69, 9.17) is 0 Å². The zero-order valence-corrected chi connectivity index (χ0v) is 9.48. The molecule has 0 saturated carbocycles. The summed E-state index contributed by atoms with van der Waals surface area (Å²) in [4.78, 5) is 0. The fraction of sp³-hybridized carbons (Fsp3) is 0.0667. The summed E-state index contributed by atoms with van der Waals surface area (Å²) in [6.45, 7) is 6.00. The van der Waals surface area contributed by atoms with Crippen molar-refractivity contribution in [2.75, 3.05) is 0 Å². The maximum Gasteiger partial charge on any atom is 0.0488 e. The molecule has 0 radical (unpaired) electrons. The van der Waals surface area contributed by atoms with Gasteiger partial charge in [0, 0.05) is 28.9 Å². The first kappa shape index (κ1) is 10.5. The molecule has 1 heteroatoms. The molecule has 1 nitrogen and oxygen atoms in total. The number of fused-ring (bicyclic) bond motifs is 3. The van der Waals surface area contributed by atoms with E-state index in [0.29, 0.717) is 0 Å². The monoisotopic (exact) mass is 209 g/mol. The summed E-state index contributed by atoms with van der Waals surface area (Å²) in [5, 5.41) is 2.68. The van der Waals surface area contributed by atoms with E-state index in [1.54, 1.807) is 0 Å². The van der Waals surface area contributed by atoms with Gasteiger partial charge in [-0.15, -0.1) is 13.2 Å². The van der Waals surface area contributed by atoms with Gasteiger partial charge in [-0.25, -0.2) is 0 Å². The van der Waals surface area contributed by atoms with Crippen LogP contribution >= 0.6 is 0 Å². The molecule has 0 atom stereocenters. The molecule has 1 aromatic heterocycles. The molecule has 3 aromatic rings. The van der Waals surface area contributed by atoms with Crippen LogP contribution in [-0.4, -0.2) is 4.57 Å². The van der Waals surface area contributed by atoms with E-state index >= 15 is 0 Å². The van der Waals surface area contributed by atoms with Crippen LogP contribution in [0.3, 0.4) is 0 Å². The first-order valence-electron chi connectivity index (χ1n) is 5.30. The molecule has 0 unspecified atom stereocenters. The van der Waals surface area contributed by atoms with Crippen LogP contribution in [0.1, 0.15) is 0 Å². The molecule has 0 aliphatic carbocycles. The maximum absolute atomic E-state index is 3.00. The lowest BCUT2D eigenvalue weighted by atomic mass is 10.2. The summed E-state index contributed by atoms with van der Waals surface area (Å²) in [6.07, 6.45) is 0. The molecule has 1 heterocycles. The lowest BCUT2D eigenvalue weighted by molar-refractivity contribution is 1.01. The number of aromatic nitrogens is 1. The van der Waals surface area contributed by atoms with Crippen molar-refractivity contribution in [2.24, 2.45) is 7.05 Å². The van der Waals surface area contributed by atoms with Crippen molar-refractivity contribution < 1.29 is 0 Å². The molecular weight excluding hydrogens is 194 g/mol. The van der Waals surface area contributed by atoms with Crippen molar-refractivity contribution in [1.29, 1.82) is 0 Å². The number of hydrogen-bond donors (Lipinski definition) is 0. The fourth-order valence-corrected chi connectivity index (χ4v) is 2.12. The molecule has 16 heavy (non-hydrogen) atoms. The summed E-state index contributed by atoms with van der Waals surface area (Å²) in [5.41, 5.74) is 2.60. The molecule has 0 aliphatic heterocycles. The topological polar surface area (TPSA) is 4.93 Å². The number of hydrogen-bond acceptors (Lipinski definition) is 0. The largest absolute Gasteiger partial charge is 0.344 e. The first-order chi connectivity index (χ1) is 7.88. The number of para-hydroxylation sites is 2. The fourth-order valence-electron chi connectivity index (χ4n) is 2.12. The van der Waals surface area contributed by atoms with Crippen LogP contribution in [-0.2, 0) is 7.05 Å². The van der Waals surface area contributed by atoms with Crippen molar-refractivity contribution in [3.63, 3.8) is 0 Å². The average molecular weight is 209 g/mol. The molecule has 0 saturated heterocycles. The van der Waals surface area contributed by atoms with Crippen molar-refractivity contribution in [3.8, 4) is 0 Å². The van der Waals surface area contributed by atoms with Crippen molar-refractivity contribution in [1.82, 2.24) is 4.57 Å². The molecule has 0 aliphatic rings. The SMILES string of the molecule is C=C.Cn1c2ccccc2c2ccccc21. The Bertz CT molecular complexity index is 566. The minimum absolute atomic E-state index is 1.30. The van der Waals surface area contributed by atoms with E-state index in [1.807, 2.05) is 0 Å². The Balaban J connectivity index is 0.000000457. The normalized spacial score (nSPS) is 10.1. The van der Waals surface area contributed by atoms with E-state index in [2.05, 4.69) is 73.3 Å². The van der Waals surface area contributed by atoms with Crippen LogP contribution in [0.5, 0.6) is 0 Å². The van der Waals surface area contributed by atoms with Crippen LogP contribution in [0, 0.1) is 0 Å². The molecule has 3 rings (SSSR count). The van der Waals surface area contributed by atoms with Crippen LogP contribution in [0.25, 0.3) is 21.8 Å². The Hall–Kier alpha value is -2.02. The highest BCUT2D eigenvalue weighted by Gasteiger charge is 2.04. The van der Waals surface area contributed by atoms with Gasteiger partial charge in [0.15, 0.2) is 0 Å². The van der Waals surface area contributed by atoms with Gasteiger partial charge in [0.1, 0.15) is 0 Å². The molecule has 0 spiro atoms. The highest BCUT2D eigenvalue weighted by atomic mass is 14.9. The van der Waals surface area contributed by atoms with Crippen LogP contribution in [0.4, 0.5) is 0 Å². The molecule has 0 fully saturated rings. The van der Waals surface area contributed by atoms with Gasteiger partial charge in [-0.3, -0.25) is 0 Å². The molecule has 0 amide bonds.